The molecule has 0 aliphatic heterocycles. The molecule has 0 aromatic rings. The SMILES string of the molecule is CO[C@@H]1C[C@@H]2C[C@H](O)CC[C@]2(C)[C@H]2C[C@H](O)[C@]3(C)[C@@H]([C@H](C)CCC(=O)NCC(=O)O)CC[C@H]3[C@H]12. The van der Waals surface area contributed by atoms with Crippen LogP contribution in [0.25, 0.3) is 0 Å². The maximum Gasteiger partial charge on any atom is 0.322 e. The van der Waals surface area contributed by atoms with E-state index in [1.165, 1.54) is 0 Å². The molecule has 11 atom stereocenters. The summed E-state index contributed by atoms with van der Waals surface area (Å²) in [6.45, 7) is 6.54. The first-order chi connectivity index (χ1) is 16.0. The van der Waals surface area contributed by atoms with Crippen LogP contribution >= 0.6 is 0 Å². The van der Waals surface area contributed by atoms with Crippen molar-refractivity contribution in [1.82, 2.24) is 5.32 Å². The molecule has 4 fully saturated rings. The number of carbonyl (C=O) groups excluding carboxylic acids is 1. The topological polar surface area (TPSA) is 116 Å². The second-order valence-electron chi connectivity index (χ2n) is 12.4. The molecule has 1 amide bonds. The summed E-state index contributed by atoms with van der Waals surface area (Å²) in [5.41, 5.74) is -0.0561. The Morgan fingerprint density at radius 1 is 1.09 bits per heavy atom. The van der Waals surface area contributed by atoms with Gasteiger partial charge in [0.05, 0.1) is 18.3 Å². The van der Waals surface area contributed by atoms with E-state index in [-0.39, 0.29) is 47.5 Å². The van der Waals surface area contributed by atoms with Crippen LogP contribution in [0.3, 0.4) is 0 Å². The Bertz CT molecular complexity index is 774. The summed E-state index contributed by atoms with van der Waals surface area (Å²) in [4.78, 5) is 22.8. The van der Waals surface area contributed by atoms with E-state index in [4.69, 9.17) is 9.84 Å². The number of nitrogens with one attached hydrogen (secondary N) is 1. The lowest BCUT2D eigenvalue weighted by Crippen LogP contribution is -2.62. The number of methoxy groups -OCH3 is 1. The van der Waals surface area contributed by atoms with Crippen molar-refractivity contribution in [1.29, 1.82) is 0 Å². The molecular weight excluding hydrogens is 434 g/mol. The molecule has 0 spiro atoms. The average molecular weight is 480 g/mol. The molecule has 0 saturated heterocycles. The molecule has 0 aromatic heterocycles. The average Bonchev–Trinajstić information content (AvgIpc) is 3.15. The number of aliphatic hydroxyl groups excluding tert-OH is 2. The van der Waals surface area contributed by atoms with Crippen LogP contribution in [0.2, 0.25) is 0 Å². The smallest absolute Gasteiger partial charge is 0.322 e. The Kier molecular flexibility index (Phi) is 7.39. The first-order valence-electron chi connectivity index (χ1n) is 13.4. The number of carboxylic acids is 1. The summed E-state index contributed by atoms with van der Waals surface area (Å²) in [5.74, 6) is 1.02. The molecule has 34 heavy (non-hydrogen) atoms. The van der Waals surface area contributed by atoms with Gasteiger partial charge in [-0.15, -0.1) is 0 Å². The van der Waals surface area contributed by atoms with E-state index in [0.717, 1.165) is 44.9 Å². The van der Waals surface area contributed by atoms with Gasteiger partial charge in [0, 0.05) is 13.5 Å². The van der Waals surface area contributed by atoms with Crippen molar-refractivity contribution in [3.8, 4) is 0 Å². The van der Waals surface area contributed by atoms with Crippen molar-refractivity contribution < 1.29 is 29.6 Å². The molecule has 0 heterocycles. The summed E-state index contributed by atoms with van der Waals surface area (Å²) < 4.78 is 6.14. The molecule has 0 radical (unpaired) electrons. The number of ether oxygens (including phenoxy) is 1. The van der Waals surface area contributed by atoms with E-state index in [2.05, 4.69) is 26.1 Å². The molecule has 4 rings (SSSR count). The molecule has 4 N–H and O–H groups in total. The quantitative estimate of drug-likeness (QED) is 0.446. The third-order valence-electron chi connectivity index (χ3n) is 11.1. The van der Waals surface area contributed by atoms with E-state index in [1.807, 2.05) is 7.11 Å². The highest BCUT2D eigenvalue weighted by Crippen LogP contribution is 2.68. The van der Waals surface area contributed by atoms with Crippen LogP contribution in [0.1, 0.15) is 78.6 Å². The van der Waals surface area contributed by atoms with Gasteiger partial charge in [-0.1, -0.05) is 20.8 Å². The molecule has 7 heteroatoms. The van der Waals surface area contributed by atoms with Gasteiger partial charge in [0.15, 0.2) is 0 Å². The van der Waals surface area contributed by atoms with Crippen LogP contribution in [0.5, 0.6) is 0 Å². The van der Waals surface area contributed by atoms with E-state index < -0.39 is 5.97 Å². The van der Waals surface area contributed by atoms with Crippen LogP contribution in [0, 0.1) is 46.3 Å². The molecule has 4 saturated carbocycles. The molecule has 4 aliphatic carbocycles. The van der Waals surface area contributed by atoms with Gasteiger partial charge in [0.2, 0.25) is 5.91 Å². The molecule has 7 nitrogen and oxygen atoms in total. The molecule has 0 unspecified atom stereocenters. The van der Waals surface area contributed by atoms with E-state index >= 15 is 0 Å². The van der Waals surface area contributed by atoms with Crippen LogP contribution in [0.15, 0.2) is 0 Å². The van der Waals surface area contributed by atoms with Crippen LogP contribution in [0.4, 0.5) is 0 Å². The Morgan fingerprint density at radius 2 is 1.82 bits per heavy atom. The number of amides is 1. The fourth-order valence-corrected chi connectivity index (χ4v) is 9.18. The van der Waals surface area contributed by atoms with Gasteiger partial charge in [0.25, 0.3) is 0 Å². The van der Waals surface area contributed by atoms with Crippen molar-refractivity contribution in [3.05, 3.63) is 0 Å². The lowest BCUT2D eigenvalue weighted by Gasteiger charge is -2.64. The van der Waals surface area contributed by atoms with Gasteiger partial charge in [-0.3, -0.25) is 9.59 Å². The number of carboxylic acid groups (broad SMARTS) is 1. The summed E-state index contributed by atoms with van der Waals surface area (Å²) in [5, 5.41) is 33.3. The maximum absolute atomic E-state index is 12.1. The zero-order valence-electron chi connectivity index (χ0n) is 21.3. The van der Waals surface area contributed by atoms with Crippen molar-refractivity contribution in [2.75, 3.05) is 13.7 Å². The lowest BCUT2D eigenvalue weighted by molar-refractivity contribution is -0.212. The first kappa shape index (κ1) is 25.9. The summed E-state index contributed by atoms with van der Waals surface area (Å²) in [6, 6.07) is 0. The van der Waals surface area contributed by atoms with Crippen LogP contribution in [-0.2, 0) is 14.3 Å². The molecular formula is C27H45NO6. The second kappa shape index (κ2) is 9.70. The Hall–Kier alpha value is -1.18. The van der Waals surface area contributed by atoms with Crippen LogP contribution < -0.4 is 5.32 Å². The van der Waals surface area contributed by atoms with Crippen molar-refractivity contribution in [2.45, 2.75) is 96.9 Å². The second-order valence-corrected chi connectivity index (χ2v) is 12.4. The van der Waals surface area contributed by atoms with Gasteiger partial charge in [-0.2, -0.15) is 0 Å². The summed E-state index contributed by atoms with van der Waals surface area (Å²) >= 11 is 0. The van der Waals surface area contributed by atoms with Gasteiger partial charge in [-0.05, 0) is 97.7 Å². The number of hydrogen-bond donors (Lipinski definition) is 4. The van der Waals surface area contributed by atoms with Gasteiger partial charge >= 0.3 is 5.97 Å². The lowest BCUT2D eigenvalue weighted by atomic mass is 9.43. The maximum atomic E-state index is 12.1. The van der Waals surface area contributed by atoms with E-state index in [0.29, 0.717) is 42.4 Å². The third-order valence-corrected chi connectivity index (χ3v) is 11.1. The number of hydrogen-bond acceptors (Lipinski definition) is 5. The monoisotopic (exact) mass is 479 g/mol. The van der Waals surface area contributed by atoms with Crippen molar-refractivity contribution in [3.63, 3.8) is 0 Å². The minimum atomic E-state index is -1.03. The Balaban J connectivity index is 1.51. The zero-order chi connectivity index (χ0) is 24.8. The predicted octanol–water partition coefficient (Wildman–Crippen LogP) is 3.22. The highest BCUT2D eigenvalue weighted by Gasteiger charge is 2.65. The van der Waals surface area contributed by atoms with E-state index in [9.17, 15) is 19.8 Å². The number of aliphatic hydroxyl groups is 2. The largest absolute Gasteiger partial charge is 0.480 e. The summed E-state index contributed by atoms with van der Waals surface area (Å²) in [6.07, 6.45) is 7.24. The summed E-state index contributed by atoms with van der Waals surface area (Å²) in [7, 11) is 1.83. The van der Waals surface area contributed by atoms with Gasteiger partial charge in [-0.25, -0.2) is 0 Å². The minimum Gasteiger partial charge on any atom is -0.480 e. The van der Waals surface area contributed by atoms with Crippen LogP contribution in [-0.4, -0.2) is 59.2 Å². The number of aliphatic carboxylic acids is 1. The van der Waals surface area contributed by atoms with Crippen molar-refractivity contribution >= 4 is 11.9 Å². The fourth-order valence-electron chi connectivity index (χ4n) is 9.18. The van der Waals surface area contributed by atoms with Gasteiger partial charge in [0.1, 0.15) is 6.54 Å². The number of rotatable bonds is 7. The zero-order valence-corrected chi connectivity index (χ0v) is 21.3. The standard InChI is InChI=1S/C27H45NO6/c1-15(5-8-23(31)28-14-24(32)33)18-6-7-19-25-20(13-22(30)27(18,19)3)26(2)10-9-17(29)11-16(26)12-21(25)34-4/h15-22,25,29-30H,5-14H2,1-4H3,(H,28,31)(H,32,33)/t15-,16+,17-,18-,19+,20+,21-,22+,25+,26+,27-/m1/s1. The Morgan fingerprint density at radius 3 is 2.50 bits per heavy atom. The number of carbonyl (C=O) groups is 2. The molecule has 4 aliphatic rings. The number of fused-ring (bicyclic) bond motifs is 5. The highest BCUT2D eigenvalue weighted by molar-refractivity contribution is 5.81. The van der Waals surface area contributed by atoms with E-state index in [1.54, 1.807) is 0 Å². The van der Waals surface area contributed by atoms with Gasteiger partial charge < -0.3 is 25.4 Å². The first-order valence-corrected chi connectivity index (χ1v) is 13.4. The Labute approximate surface area is 204 Å². The minimum absolute atomic E-state index is 0.146. The predicted molar refractivity (Wildman–Crippen MR) is 128 cm³/mol. The third kappa shape index (κ3) is 4.30. The van der Waals surface area contributed by atoms with Crippen molar-refractivity contribution in [2.24, 2.45) is 46.3 Å². The molecule has 0 aromatic carbocycles. The normalized spacial score (nSPS) is 46.6. The molecule has 0 bridgehead atoms. The highest BCUT2D eigenvalue weighted by atomic mass is 16.5. The molecule has 194 valence electrons. The fraction of sp³-hybridized carbons (Fsp3) is 0.926.